The molecule has 0 radical (unpaired) electrons. The number of rotatable bonds is 2. The number of nitrogen functional groups attached to an aromatic ring is 1. The maximum atomic E-state index is 6.07. The first-order valence-corrected chi connectivity index (χ1v) is 7.15. The van der Waals surface area contributed by atoms with E-state index in [2.05, 4.69) is 20.8 Å². The van der Waals surface area contributed by atoms with Crippen LogP contribution in [0, 0.1) is 6.92 Å². The van der Waals surface area contributed by atoms with E-state index in [4.69, 9.17) is 17.3 Å². The van der Waals surface area contributed by atoms with Crippen LogP contribution in [0.1, 0.15) is 12.6 Å². The first kappa shape index (κ1) is 12.4. The zero-order valence-electron chi connectivity index (χ0n) is 10.6. The van der Waals surface area contributed by atoms with Crippen LogP contribution in [0.4, 0.5) is 5.00 Å². The van der Waals surface area contributed by atoms with E-state index < -0.39 is 0 Å². The van der Waals surface area contributed by atoms with Gasteiger partial charge in [0.15, 0.2) is 0 Å². The van der Waals surface area contributed by atoms with Crippen LogP contribution in [0.2, 0.25) is 5.02 Å². The summed E-state index contributed by atoms with van der Waals surface area (Å²) in [6.45, 7) is 4.84. The molecule has 0 unspecified atom stereocenters. The van der Waals surface area contributed by atoms with Crippen LogP contribution in [0.3, 0.4) is 0 Å². The molecule has 0 bridgehead atoms. The Bertz CT molecular complexity index is 740. The standard InChI is InChI=1S/C13H13ClN4S/c1-3-18-10-6-8(14)4-5-9(10)16-13(18)11-7(2)17-19-12(11)15/h4-6H,3,15H2,1-2H3. The molecule has 6 heteroatoms. The van der Waals surface area contributed by atoms with Gasteiger partial charge in [0, 0.05) is 11.6 Å². The molecule has 0 fully saturated rings. The van der Waals surface area contributed by atoms with Gasteiger partial charge in [-0.15, -0.1) is 0 Å². The Morgan fingerprint density at radius 2 is 2.21 bits per heavy atom. The van der Waals surface area contributed by atoms with Gasteiger partial charge in [-0.05, 0) is 43.6 Å². The van der Waals surface area contributed by atoms with Gasteiger partial charge in [-0.1, -0.05) is 11.6 Å². The number of imidazole rings is 1. The lowest BCUT2D eigenvalue weighted by Crippen LogP contribution is -1.99. The van der Waals surface area contributed by atoms with Crippen molar-refractivity contribution < 1.29 is 0 Å². The van der Waals surface area contributed by atoms with Crippen LogP contribution in [-0.4, -0.2) is 13.9 Å². The second-order valence-corrected chi connectivity index (χ2v) is 5.56. The second-order valence-electron chi connectivity index (χ2n) is 4.32. The average molecular weight is 293 g/mol. The molecule has 0 saturated carbocycles. The van der Waals surface area contributed by atoms with Crippen molar-refractivity contribution in [2.45, 2.75) is 20.4 Å². The van der Waals surface area contributed by atoms with Gasteiger partial charge in [-0.3, -0.25) is 0 Å². The first-order valence-electron chi connectivity index (χ1n) is 5.99. The minimum absolute atomic E-state index is 0.702. The van der Waals surface area contributed by atoms with E-state index in [1.807, 2.05) is 25.1 Å². The quantitative estimate of drug-likeness (QED) is 0.783. The lowest BCUT2D eigenvalue weighted by atomic mass is 10.2. The number of aryl methyl sites for hydroxylation is 2. The Balaban J connectivity index is 2.36. The largest absolute Gasteiger partial charge is 0.389 e. The summed E-state index contributed by atoms with van der Waals surface area (Å²) in [7, 11) is 0. The van der Waals surface area contributed by atoms with Crippen molar-refractivity contribution in [3.8, 4) is 11.4 Å². The van der Waals surface area contributed by atoms with Gasteiger partial charge in [-0.25, -0.2) is 4.98 Å². The van der Waals surface area contributed by atoms with Gasteiger partial charge < -0.3 is 10.3 Å². The smallest absolute Gasteiger partial charge is 0.146 e. The van der Waals surface area contributed by atoms with Crippen molar-refractivity contribution in [3.63, 3.8) is 0 Å². The molecule has 1 aromatic carbocycles. The highest BCUT2D eigenvalue weighted by molar-refractivity contribution is 7.10. The summed E-state index contributed by atoms with van der Waals surface area (Å²) in [6, 6.07) is 5.71. The monoisotopic (exact) mass is 292 g/mol. The van der Waals surface area contributed by atoms with E-state index in [1.54, 1.807) is 0 Å². The van der Waals surface area contributed by atoms with Gasteiger partial charge in [-0.2, -0.15) is 4.37 Å². The number of hydrogen-bond donors (Lipinski definition) is 1. The maximum Gasteiger partial charge on any atom is 0.146 e. The molecule has 19 heavy (non-hydrogen) atoms. The third kappa shape index (κ3) is 1.89. The number of fused-ring (bicyclic) bond motifs is 1. The van der Waals surface area contributed by atoms with Gasteiger partial charge in [0.1, 0.15) is 10.8 Å². The van der Waals surface area contributed by atoms with Gasteiger partial charge >= 0.3 is 0 Å². The topological polar surface area (TPSA) is 56.7 Å². The molecule has 0 aliphatic heterocycles. The highest BCUT2D eigenvalue weighted by atomic mass is 35.5. The Hall–Kier alpha value is -1.59. The van der Waals surface area contributed by atoms with Crippen LogP contribution in [-0.2, 0) is 6.54 Å². The van der Waals surface area contributed by atoms with Crippen molar-refractivity contribution in [2.24, 2.45) is 0 Å². The molecule has 2 heterocycles. The number of nitrogens with two attached hydrogens (primary N) is 1. The summed E-state index contributed by atoms with van der Waals surface area (Å²) in [5.41, 5.74) is 9.82. The molecule has 0 aliphatic carbocycles. The molecule has 0 aliphatic rings. The van der Waals surface area contributed by atoms with E-state index in [9.17, 15) is 0 Å². The lowest BCUT2D eigenvalue weighted by Gasteiger charge is -2.06. The number of halogens is 1. The average Bonchev–Trinajstić information content (AvgIpc) is 2.89. The van der Waals surface area contributed by atoms with Crippen LogP contribution in [0.5, 0.6) is 0 Å². The SMILES string of the molecule is CCn1c(-c2c(C)nsc2N)nc2ccc(Cl)cc21. The van der Waals surface area contributed by atoms with E-state index in [1.165, 1.54) is 11.5 Å². The number of anilines is 1. The van der Waals surface area contributed by atoms with E-state index >= 15 is 0 Å². The van der Waals surface area contributed by atoms with Crippen molar-refractivity contribution >= 4 is 39.2 Å². The van der Waals surface area contributed by atoms with Crippen molar-refractivity contribution in [1.29, 1.82) is 0 Å². The zero-order chi connectivity index (χ0) is 13.6. The third-order valence-electron chi connectivity index (χ3n) is 3.14. The fourth-order valence-corrected chi connectivity index (χ4v) is 3.09. The molecule has 2 aromatic heterocycles. The van der Waals surface area contributed by atoms with E-state index in [-0.39, 0.29) is 0 Å². The Kier molecular flexibility index (Phi) is 2.95. The lowest BCUT2D eigenvalue weighted by molar-refractivity contribution is 0.796. The molecule has 0 atom stereocenters. The molecule has 2 N–H and O–H groups in total. The highest BCUT2D eigenvalue weighted by Crippen LogP contribution is 2.34. The Morgan fingerprint density at radius 1 is 1.42 bits per heavy atom. The third-order valence-corrected chi connectivity index (χ3v) is 4.14. The van der Waals surface area contributed by atoms with Crippen LogP contribution >= 0.6 is 23.1 Å². The summed E-state index contributed by atoms with van der Waals surface area (Å²) in [5.74, 6) is 0.864. The molecule has 0 amide bonds. The zero-order valence-corrected chi connectivity index (χ0v) is 12.2. The summed E-state index contributed by atoms with van der Waals surface area (Å²) in [4.78, 5) is 4.68. The molecule has 0 saturated heterocycles. The second kappa shape index (κ2) is 4.51. The van der Waals surface area contributed by atoms with Crippen molar-refractivity contribution in [1.82, 2.24) is 13.9 Å². The molecular formula is C13H13ClN4S. The van der Waals surface area contributed by atoms with Crippen LogP contribution in [0.15, 0.2) is 18.2 Å². The van der Waals surface area contributed by atoms with Crippen molar-refractivity contribution in [3.05, 3.63) is 28.9 Å². The molecule has 3 aromatic rings. The van der Waals surface area contributed by atoms with Gasteiger partial charge in [0.25, 0.3) is 0 Å². The van der Waals surface area contributed by atoms with Gasteiger partial charge in [0.2, 0.25) is 0 Å². The number of aromatic nitrogens is 3. The number of nitrogens with zero attached hydrogens (tertiary/aromatic N) is 3. The summed E-state index contributed by atoms with van der Waals surface area (Å²) in [5, 5.41) is 1.41. The predicted octanol–water partition coefficient (Wildman–Crippen LogP) is 3.72. The van der Waals surface area contributed by atoms with Crippen LogP contribution in [0.25, 0.3) is 22.4 Å². The minimum atomic E-state index is 0.702. The summed E-state index contributed by atoms with van der Waals surface area (Å²) in [6.07, 6.45) is 0. The molecule has 3 rings (SSSR count). The maximum absolute atomic E-state index is 6.07. The van der Waals surface area contributed by atoms with Gasteiger partial charge in [0.05, 0.1) is 22.3 Å². The molecular weight excluding hydrogens is 280 g/mol. The molecule has 98 valence electrons. The normalized spacial score (nSPS) is 11.3. The summed E-state index contributed by atoms with van der Waals surface area (Å²) >= 11 is 7.37. The predicted molar refractivity (Wildman–Crippen MR) is 80.7 cm³/mol. The fourth-order valence-electron chi connectivity index (χ4n) is 2.27. The Morgan fingerprint density at radius 3 is 2.84 bits per heavy atom. The molecule has 0 spiro atoms. The number of benzene rings is 1. The summed E-state index contributed by atoms with van der Waals surface area (Å²) < 4.78 is 6.41. The Labute approximate surface area is 120 Å². The van der Waals surface area contributed by atoms with Crippen LogP contribution < -0.4 is 5.73 Å². The fraction of sp³-hybridized carbons (Fsp3) is 0.231. The van der Waals surface area contributed by atoms with Crippen molar-refractivity contribution in [2.75, 3.05) is 5.73 Å². The molecule has 4 nitrogen and oxygen atoms in total. The highest BCUT2D eigenvalue weighted by Gasteiger charge is 2.18. The number of hydrogen-bond acceptors (Lipinski definition) is 4. The minimum Gasteiger partial charge on any atom is -0.389 e. The van der Waals surface area contributed by atoms with E-state index in [0.29, 0.717) is 10.0 Å². The van der Waals surface area contributed by atoms with E-state index in [0.717, 1.165) is 34.7 Å². The first-order chi connectivity index (χ1) is 9.11.